The van der Waals surface area contributed by atoms with E-state index in [2.05, 4.69) is 20.2 Å². The molecular formula is C12H14N6OS. The first-order valence-electron chi connectivity index (χ1n) is 6.67. The van der Waals surface area contributed by atoms with Crippen molar-refractivity contribution in [3.05, 3.63) is 17.9 Å². The number of nitrogens with zero attached hydrogens (tertiary/aromatic N) is 6. The van der Waals surface area contributed by atoms with Gasteiger partial charge in [-0.05, 0) is 6.42 Å². The van der Waals surface area contributed by atoms with Crippen LogP contribution >= 0.6 is 11.3 Å². The predicted molar refractivity (Wildman–Crippen MR) is 75.0 cm³/mol. The minimum atomic E-state index is 0.202. The highest BCUT2D eigenvalue weighted by atomic mass is 32.1. The number of carbonyl (C=O) groups excluding carboxylic acids is 1. The molecule has 2 fully saturated rings. The summed E-state index contributed by atoms with van der Waals surface area (Å²) in [6.45, 7) is 2.60. The first-order chi connectivity index (χ1) is 9.81. The maximum atomic E-state index is 11.7. The lowest BCUT2D eigenvalue weighted by atomic mass is 10.1. The van der Waals surface area contributed by atoms with Crippen molar-refractivity contribution in [2.45, 2.75) is 18.9 Å². The highest BCUT2D eigenvalue weighted by Gasteiger charge is 2.31. The number of hydrogen-bond acceptors (Lipinski definition) is 6. The molecule has 2 aliphatic heterocycles. The molecule has 2 aromatic rings. The van der Waals surface area contributed by atoms with Gasteiger partial charge in [0.05, 0.1) is 17.9 Å². The zero-order valence-corrected chi connectivity index (χ0v) is 11.7. The van der Waals surface area contributed by atoms with Gasteiger partial charge in [-0.1, -0.05) is 11.3 Å². The number of amides is 1. The lowest BCUT2D eigenvalue weighted by Crippen LogP contribution is -2.48. The molecule has 0 saturated carbocycles. The summed E-state index contributed by atoms with van der Waals surface area (Å²) in [5.74, 6) is 0.202. The van der Waals surface area contributed by atoms with Crippen molar-refractivity contribution in [2.24, 2.45) is 0 Å². The van der Waals surface area contributed by atoms with E-state index in [1.807, 2.05) is 15.8 Å². The molecule has 2 saturated heterocycles. The summed E-state index contributed by atoms with van der Waals surface area (Å²) in [5, 5.41) is 13.3. The Morgan fingerprint density at radius 3 is 2.95 bits per heavy atom. The molecule has 0 aromatic carbocycles. The maximum Gasteiger partial charge on any atom is 0.227 e. The van der Waals surface area contributed by atoms with Crippen molar-refractivity contribution < 1.29 is 4.79 Å². The third-order valence-electron chi connectivity index (χ3n) is 3.83. The molecule has 1 amide bonds. The van der Waals surface area contributed by atoms with E-state index in [1.54, 1.807) is 23.0 Å². The SMILES string of the molecule is O=C1CCCN1c1cnn(C2CN(c3nncs3)C2)c1. The second-order valence-electron chi connectivity index (χ2n) is 5.11. The predicted octanol–water partition coefficient (Wildman–Crippen LogP) is 0.923. The Balaban J connectivity index is 1.44. The Labute approximate surface area is 119 Å². The Kier molecular flexibility index (Phi) is 2.69. The second-order valence-corrected chi connectivity index (χ2v) is 5.92. The summed E-state index contributed by atoms with van der Waals surface area (Å²) < 4.78 is 1.96. The third kappa shape index (κ3) is 1.87. The first-order valence-corrected chi connectivity index (χ1v) is 7.55. The molecule has 2 aromatic heterocycles. The molecule has 2 aliphatic rings. The molecule has 7 nitrogen and oxygen atoms in total. The van der Waals surface area contributed by atoms with Crippen LogP contribution in [0.2, 0.25) is 0 Å². The fourth-order valence-electron chi connectivity index (χ4n) is 2.67. The zero-order valence-electron chi connectivity index (χ0n) is 10.8. The fourth-order valence-corrected chi connectivity index (χ4v) is 3.25. The van der Waals surface area contributed by atoms with E-state index in [0.717, 1.165) is 36.9 Å². The number of hydrogen-bond donors (Lipinski definition) is 0. The van der Waals surface area contributed by atoms with E-state index in [1.165, 1.54) is 0 Å². The van der Waals surface area contributed by atoms with Crippen LogP contribution in [0, 0.1) is 0 Å². The molecule has 104 valence electrons. The van der Waals surface area contributed by atoms with E-state index in [0.29, 0.717) is 12.5 Å². The summed E-state index contributed by atoms with van der Waals surface area (Å²) >= 11 is 1.55. The van der Waals surface area contributed by atoms with Gasteiger partial charge in [0.15, 0.2) is 0 Å². The van der Waals surface area contributed by atoms with Gasteiger partial charge in [-0.3, -0.25) is 9.48 Å². The minimum Gasteiger partial charge on any atom is -0.342 e. The van der Waals surface area contributed by atoms with Crippen molar-refractivity contribution in [2.75, 3.05) is 29.4 Å². The maximum absolute atomic E-state index is 11.7. The van der Waals surface area contributed by atoms with Gasteiger partial charge >= 0.3 is 0 Å². The molecule has 0 unspecified atom stereocenters. The van der Waals surface area contributed by atoms with Crippen molar-refractivity contribution >= 4 is 28.1 Å². The van der Waals surface area contributed by atoms with Crippen LogP contribution in [-0.4, -0.2) is 45.5 Å². The third-order valence-corrected chi connectivity index (χ3v) is 4.58. The number of carbonyl (C=O) groups is 1. The molecule has 0 aliphatic carbocycles. The monoisotopic (exact) mass is 290 g/mol. The van der Waals surface area contributed by atoms with E-state index in [9.17, 15) is 4.79 Å². The topological polar surface area (TPSA) is 67.2 Å². The van der Waals surface area contributed by atoms with Crippen molar-refractivity contribution in [1.29, 1.82) is 0 Å². The Bertz CT molecular complexity index is 618. The molecule has 4 heterocycles. The fraction of sp³-hybridized carbons (Fsp3) is 0.500. The van der Waals surface area contributed by atoms with E-state index in [4.69, 9.17) is 0 Å². The smallest absolute Gasteiger partial charge is 0.227 e. The van der Waals surface area contributed by atoms with Gasteiger partial charge in [-0.25, -0.2) is 0 Å². The van der Waals surface area contributed by atoms with Gasteiger partial charge in [-0.15, -0.1) is 10.2 Å². The van der Waals surface area contributed by atoms with E-state index < -0.39 is 0 Å². The van der Waals surface area contributed by atoms with Crippen LogP contribution in [0.5, 0.6) is 0 Å². The van der Waals surface area contributed by atoms with Crippen LogP contribution < -0.4 is 9.80 Å². The molecule has 0 radical (unpaired) electrons. The van der Waals surface area contributed by atoms with Gasteiger partial charge < -0.3 is 9.80 Å². The Morgan fingerprint density at radius 1 is 1.35 bits per heavy atom. The number of aromatic nitrogens is 4. The van der Waals surface area contributed by atoms with Crippen LogP contribution in [0.3, 0.4) is 0 Å². The van der Waals surface area contributed by atoms with E-state index in [-0.39, 0.29) is 5.91 Å². The molecule has 20 heavy (non-hydrogen) atoms. The number of rotatable bonds is 3. The van der Waals surface area contributed by atoms with Crippen molar-refractivity contribution in [3.8, 4) is 0 Å². The van der Waals surface area contributed by atoms with Crippen LogP contribution in [-0.2, 0) is 4.79 Å². The average molecular weight is 290 g/mol. The summed E-state index contributed by atoms with van der Waals surface area (Å²) in [6, 6.07) is 0.352. The minimum absolute atomic E-state index is 0.202. The van der Waals surface area contributed by atoms with Gasteiger partial charge in [0.1, 0.15) is 5.51 Å². The van der Waals surface area contributed by atoms with Crippen LogP contribution in [0.1, 0.15) is 18.9 Å². The average Bonchev–Trinajstić information content (AvgIpc) is 3.07. The quantitative estimate of drug-likeness (QED) is 0.841. The lowest BCUT2D eigenvalue weighted by molar-refractivity contribution is -0.117. The van der Waals surface area contributed by atoms with Crippen molar-refractivity contribution in [3.63, 3.8) is 0 Å². The number of anilines is 2. The molecule has 8 heteroatoms. The normalized spacial score (nSPS) is 19.7. The van der Waals surface area contributed by atoms with Crippen molar-refractivity contribution in [1.82, 2.24) is 20.0 Å². The van der Waals surface area contributed by atoms with Crippen LogP contribution in [0.15, 0.2) is 17.9 Å². The molecule has 0 bridgehead atoms. The van der Waals surface area contributed by atoms with Crippen LogP contribution in [0.4, 0.5) is 10.8 Å². The summed E-state index contributed by atoms with van der Waals surface area (Å²) in [4.78, 5) is 15.7. The highest BCUT2D eigenvalue weighted by molar-refractivity contribution is 7.13. The summed E-state index contributed by atoms with van der Waals surface area (Å²) in [6.07, 6.45) is 5.36. The molecule has 0 N–H and O–H groups in total. The van der Waals surface area contributed by atoms with Gasteiger partial charge in [0, 0.05) is 32.3 Å². The zero-order chi connectivity index (χ0) is 13.5. The Hall–Kier alpha value is -1.96. The summed E-state index contributed by atoms with van der Waals surface area (Å²) in [7, 11) is 0. The van der Waals surface area contributed by atoms with Crippen LogP contribution in [0.25, 0.3) is 0 Å². The molecule has 4 rings (SSSR count). The Morgan fingerprint density at radius 2 is 2.25 bits per heavy atom. The van der Waals surface area contributed by atoms with Gasteiger partial charge in [0.25, 0.3) is 0 Å². The van der Waals surface area contributed by atoms with E-state index >= 15 is 0 Å². The molecular weight excluding hydrogens is 276 g/mol. The summed E-state index contributed by atoms with van der Waals surface area (Å²) in [5.41, 5.74) is 2.66. The van der Waals surface area contributed by atoms with Gasteiger partial charge in [0.2, 0.25) is 11.0 Å². The highest BCUT2D eigenvalue weighted by Crippen LogP contribution is 2.29. The van der Waals surface area contributed by atoms with Gasteiger partial charge in [-0.2, -0.15) is 5.10 Å². The molecule has 0 spiro atoms. The lowest BCUT2D eigenvalue weighted by Gasteiger charge is -2.38. The standard InChI is InChI=1S/C12H14N6OS/c19-11-2-1-3-17(11)9-4-14-18(7-9)10-5-16(6-10)12-15-13-8-20-12/h4,7-8,10H,1-3,5-6H2. The first kappa shape index (κ1) is 11.8. The second kappa shape index (κ2) is 4.55. The molecule has 0 atom stereocenters. The largest absolute Gasteiger partial charge is 0.342 e.